The monoisotopic (exact) mass is 391 g/mol. The third-order valence-corrected chi connectivity index (χ3v) is 5.08. The molecule has 7 nitrogen and oxygen atoms in total. The van der Waals surface area contributed by atoms with E-state index in [-0.39, 0.29) is 6.03 Å². The highest BCUT2D eigenvalue weighted by Crippen LogP contribution is 2.21. The van der Waals surface area contributed by atoms with Crippen LogP contribution in [0, 0.1) is 5.92 Å². The SMILES string of the molecule is O=C(Nc1ccc(OCc2ccccc2)cc1)N1CCCC(Cn2ccnn2)C1. The van der Waals surface area contributed by atoms with Gasteiger partial charge in [-0.1, -0.05) is 35.5 Å². The second-order valence-electron chi connectivity index (χ2n) is 7.31. The number of carbonyl (C=O) groups excluding carboxylic acids is 1. The lowest BCUT2D eigenvalue weighted by atomic mass is 9.98. The van der Waals surface area contributed by atoms with Crippen LogP contribution in [0.3, 0.4) is 0 Å². The van der Waals surface area contributed by atoms with Crippen molar-refractivity contribution in [1.29, 1.82) is 0 Å². The highest BCUT2D eigenvalue weighted by molar-refractivity contribution is 5.89. The van der Waals surface area contributed by atoms with Gasteiger partial charge in [0.25, 0.3) is 0 Å². The van der Waals surface area contributed by atoms with E-state index in [1.165, 1.54) is 0 Å². The molecular weight excluding hydrogens is 366 g/mol. The second-order valence-corrected chi connectivity index (χ2v) is 7.31. The van der Waals surface area contributed by atoms with Gasteiger partial charge in [0.15, 0.2) is 0 Å². The van der Waals surface area contributed by atoms with Crippen molar-refractivity contribution in [3.63, 3.8) is 0 Å². The number of hydrogen-bond donors (Lipinski definition) is 1. The van der Waals surface area contributed by atoms with Gasteiger partial charge in [0.1, 0.15) is 12.4 Å². The molecule has 2 aromatic carbocycles. The number of ether oxygens (including phenoxy) is 1. The zero-order valence-corrected chi connectivity index (χ0v) is 16.3. The van der Waals surface area contributed by atoms with E-state index in [1.54, 1.807) is 6.20 Å². The summed E-state index contributed by atoms with van der Waals surface area (Å²) in [6, 6.07) is 17.5. The Kier molecular flexibility index (Phi) is 6.04. The summed E-state index contributed by atoms with van der Waals surface area (Å²) in [7, 11) is 0. The Bertz CT molecular complexity index is 897. The summed E-state index contributed by atoms with van der Waals surface area (Å²) in [6.07, 6.45) is 5.64. The van der Waals surface area contributed by atoms with Gasteiger partial charge in [-0.3, -0.25) is 4.68 Å². The van der Waals surface area contributed by atoms with Crippen molar-refractivity contribution in [2.24, 2.45) is 5.92 Å². The molecular formula is C22H25N5O2. The molecule has 0 saturated carbocycles. The molecule has 1 aromatic heterocycles. The molecule has 0 aliphatic carbocycles. The molecule has 1 aliphatic rings. The lowest BCUT2D eigenvalue weighted by molar-refractivity contribution is 0.168. The largest absolute Gasteiger partial charge is 0.489 e. The van der Waals surface area contributed by atoms with E-state index >= 15 is 0 Å². The minimum Gasteiger partial charge on any atom is -0.489 e. The number of rotatable bonds is 6. The Morgan fingerprint density at radius 2 is 1.97 bits per heavy atom. The average molecular weight is 391 g/mol. The topological polar surface area (TPSA) is 72.3 Å². The number of hydrogen-bond acceptors (Lipinski definition) is 4. The van der Waals surface area contributed by atoms with Gasteiger partial charge in [-0.15, -0.1) is 5.10 Å². The van der Waals surface area contributed by atoms with Crippen molar-refractivity contribution in [2.45, 2.75) is 26.0 Å². The van der Waals surface area contributed by atoms with Crippen LogP contribution in [0.15, 0.2) is 67.0 Å². The molecule has 7 heteroatoms. The van der Waals surface area contributed by atoms with Gasteiger partial charge in [0.2, 0.25) is 0 Å². The number of benzene rings is 2. The molecule has 0 spiro atoms. The van der Waals surface area contributed by atoms with Crippen molar-refractivity contribution in [2.75, 3.05) is 18.4 Å². The van der Waals surface area contributed by atoms with Gasteiger partial charge in [0.05, 0.1) is 6.20 Å². The highest BCUT2D eigenvalue weighted by atomic mass is 16.5. The molecule has 1 atom stereocenters. The zero-order chi connectivity index (χ0) is 19.9. The van der Waals surface area contributed by atoms with Crippen LogP contribution in [0.1, 0.15) is 18.4 Å². The maximum Gasteiger partial charge on any atom is 0.321 e. The van der Waals surface area contributed by atoms with Gasteiger partial charge in [-0.05, 0) is 48.6 Å². The summed E-state index contributed by atoms with van der Waals surface area (Å²) in [5, 5.41) is 10.9. The van der Waals surface area contributed by atoms with Crippen LogP contribution in [-0.4, -0.2) is 39.0 Å². The number of nitrogens with one attached hydrogen (secondary N) is 1. The number of aromatic nitrogens is 3. The van der Waals surface area contributed by atoms with Crippen LogP contribution < -0.4 is 10.1 Å². The number of anilines is 1. The van der Waals surface area contributed by atoms with E-state index in [0.717, 1.165) is 49.5 Å². The Morgan fingerprint density at radius 1 is 1.14 bits per heavy atom. The first-order chi connectivity index (χ1) is 14.3. The van der Waals surface area contributed by atoms with Crippen LogP contribution in [0.5, 0.6) is 5.75 Å². The molecule has 2 amide bonds. The number of amides is 2. The predicted octanol–water partition coefficient (Wildman–Crippen LogP) is 3.80. The molecule has 1 fully saturated rings. The molecule has 1 aliphatic heterocycles. The molecule has 150 valence electrons. The van der Waals surface area contributed by atoms with Crippen LogP contribution in [-0.2, 0) is 13.2 Å². The molecule has 2 heterocycles. The van der Waals surface area contributed by atoms with Gasteiger partial charge in [-0.2, -0.15) is 0 Å². The zero-order valence-electron chi connectivity index (χ0n) is 16.3. The fraction of sp³-hybridized carbons (Fsp3) is 0.318. The average Bonchev–Trinajstić information content (AvgIpc) is 3.27. The molecule has 1 saturated heterocycles. The number of likely N-dealkylation sites (tertiary alicyclic amines) is 1. The minimum absolute atomic E-state index is 0.0637. The van der Waals surface area contributed by atoms with E-state index in [2.05, 4.69) is 15.6 Å². The minimum atomic E-state index is -0.0637. The predicted molar refractivity (Wildman–Crippen MR) is 111 cm³/mol. The Morgan fingerprint density at radius 3 is 2.72 bits per heavy atom. The van der Waals surface area contributed by atoms with Crippen LogP contribution in [0.4, 0.5) is 10.5 Å². The maximum atomic E-state index is 12.7. The first kappa shape index (κ1) is 19.0. The van der Waals surface area contributed by atoms with Crippen molar-refractivity contribution in [3.05, 3.63) is 72.6 Å². The first-order valence-electron chi connectivity index (χ1n) is 9.93. The molecule has 3 aromatic rings. The summed E-state index contributed by atoms with van der Waals surface area (Å²) in [4.78, 5) is 14.5. The van der Waals surface area contributed by atoms with Crippen molar-refractivity contribution in [3.8, 4) is 5.75 Å². The summed E-state index contributed by atoms with van der Waals surface area (Å²) in [5.41, 5.74) is 1.89. The fourth-order valence-electron chi connectivity index (χ4n) is 3.57. The third kappa shape index (κ3) is 5.34. The number of piperidine rings is 1. The van der Waals surface area contributed by atoms with E-state index < -0.39 is 0 Å². The lowest BCUT2D eigenvalue weighted by Gasteiger charge is -2.32. The number of nitrogens with zero attached hydrogens (tertiary/aromatic N) is 4. The number of carbonyl (C=O) groups is 1. The van der Waals surface area contributed by atoms with Crippen LogP contribution in [0.25, 0.3) is 0 Å². The van der Waals surface area contributed by atoms with Crippen molar-refractivity contribution < 1.29 is 9.53 Å². The second kappa shape index (κ2) is 9.23. The molecule has 0 radical (unpaired) electrons. The van der Waals surface area contributed by atoms with E-state index in [1.807, 2.05) is 70.4 Å². The first-order valence-corrected chi connectivity index (χ1v) is 9.93. The quantitative estimate of drug-likeness (QED) is 0.694. The molecule has 1 unspecified atom stereocenters. The Hall–Kier alpha value is -3.35. The Balaban J connectivity index is 1.27. The lowest BCUT2D eigenvalue weighted by Crippen LogP contribution is -2.43. The normalized spacial score (nSPS) is 16.4. The van der Waals surface area contributed by atoms with E-state index in [9.17, 15) is 4.79 Å². The fourth-order valence-corrected chi connectivity index (χ4v) is 3.57. The van der Waals surface area contributed by atoms with E-state index in [4.69, 9.17) is 4.74 Å². The van der Waals surface area contributed by atoms with Crippen LogP contribution >= 0.6 is 0 Å². The standard InChI is InChI=1S/C22H25N5O2/c28-22(26-13-4-7-19(15-26)16-27-14-12-23-25-27)24-20-8-10-21(11-9-20)29-17-18-5-2-1-3-6-18/h1-3,5-6,8-12,14,19H,4,7,13,15-17H2,(H,24,28). The maximum absolute atomic E-state index is 12.7. The molecule has 4 rings (SSSR count). The Labute approximate surface area is 170 Å². The molecule has 1 N–H and O–H groups in total. The summed E-state index contributed by atoms with van der Waals surface area (Å²) in [6.45, 7) is 2.81. The highest BCUT2D eigenvalue weighted by Gasteiger charge is 2.24. The van der Waals surface area contributed by atoms with Gasteiger partial charge in [0, 0.05) is 31.5 Å². The van der Waals surface area contributed by atoms with Gasteiger partial charge < -0.3 is 15.0 Å². The van der Waals surface area contributed by atoms with Gasteiger partial charge >= 0.3 is 6.03 Å². The molecule has 0 bridgehead atoms. The van der Waals surface area contributed by atoms with Gasteiger partial charge in [-0.25, -0.2) is 4.79 Å². The third-order valence-electron chi connectivity index (χ3n) is 5.08. The number of urea groups is 1. The molecule has 29 heavy (non-hydrogen) atoms. The smallest absolute Gasteiger partial charge is 0.321 e. The van der Waals surface area contributed by atoms with Crippen molar-refractivity contribution in [1.82, 2.24) is 19.9 Å². The summed E-state index contributed by atoms with van der Waals surface area (Å²) in [5.74, 6) is 1.17. The van der Waals surface area contributed by atoms with Crippen molar-refractivity contribution >= 4 is 11.7 Å². The summed E-state index contributed by atoms with van der Waals surface area (Å²) >= 11 is 0. The van der Waals surface area contributed by atoms with E-state index in [0.29, 0.717) is 12.5 Å². The summed E-state index contributed by atoms with van der Waals surface area (Å²) < 4.78 is 7.63. The van der Waals surface area contributed by atoms with Crippen LogP contribution in [0.2, 0.25) is 0 Å².